The van der Waals surface area contributed by atoms with Gasteiger partial charge in [-0.2, -0.15) is 0 Å². The van der Waals surface area contributed by atoms with E-state index in [1.54, 1.807) is 0 Å². The molecule has 0 bridgehead atoms. The van der Waals surface area contributed by atoms with Gasteiger partial charge < -0.3 is 9.84 Å². The van der Waals surface area contributed by atoms with E-state index in [-0.39, 0.29) is 0 Å². The fourth-order valence-electron chi connectivity index (χ4n) is 2.93. The molecule has 3 nitrogen and oxygen atoms in total. The van der Waals surface area contributed by atoms with Gasteiger partial charge in [0.2, 0.25) is 0 Å². The fourth-order valence-corrected chi connectivity index (χ4v) is 2.93. The maximum absolute atomic E-state index is 10.6. The largest absolute Gasteiger partial charge is 0.387 e. The Morgan fingerprint density at radius 2 is 2.05 bits per heavy atom. The maximum Gasteiger partial charge on any atom is 0.0922 e. The molecule has 20 heavy (non-hydrogen) atoms. The summed E-state index contributed by atoms with van der Waals surface area (Å²) >= 11 is 0. The average molecular weight is 271 g/mol. The molecule has 0 radical (unpaired) electrons. The van der Waals surface area contributed by atoms with Gasteiger partial charge in [-0.15, -0.1) is 0 Å². The Morgan fingerprint density at radius 1 is 1.25 bits per heavy atom. The summed E-state index contributed by atoms with van der Waals surface area (Å²) in [5.41, 5.74) is 1.01. The van der Waals surface area contributed by atoms with Crippen molar-refractivity contribution in [2.45, 2.75) is 18.6 Å². The van der Waals surface area contributed by atoms with Crippen LogP contribution in [0.5, 0.6) is 0 Å². The van der Waals surface area contributed by atoms with Crippen LogP contribution in [0.4, 0.5) is 0 Å². The van der Waals surface area contributed by atoms with E-state index in [0.717, 1.165) is 30.6 Å². The SMILES string of the molecule is CN(CC(O)c1cccc2ccccc12)C1CCOC1. The van der Waals surface area contributed by atoms with Gasteiger partial charge in [-0.25, -0.2) is 0 Å². The molecule has 106 valence electrons. The molecule has 3 rings (SSSR count). The number of hydrogen-bond donors (Lipinski definition) is 1. The molecule has 1 N–H and O–H groups in total. The second-order valence-electron chi connectivity index (χ2n) is 5.54. The minimum Gasteiger partial charge on any atom is -0.387 e. The number of nitrogens with zero attached hydrogens (tertiary/aromatic N) is 1. The Kier molecular flexibility index (Phi) is 4.01. The number of likely N-dealkylation sites (N-methyl/N-ethyl adjacent to an activating group) is 1. The van der Waals surface area contributed by atoms with Gasteiger partial charge in [0.25, 0.3) is 0 Å². The normalized spacial score (nSPS) is 20.6. The third-order valence-electron chi connectivity index (χ3n) is 4.17. The Hall–Kier alpha value is -1.42. The van der Waals surface area contributed by atoms with Crippen molar-refractivity contribution in [1.82, 2.24) is 4.90 Å². The van der Waals surface area contributed by atoms with E-state index >= 15 is 0 Å². The van der Waals surface area contributed by atoms with E-state index in [9.17, 15) is 5.11 Å². The Bertz CT molecular complexity index is 573. The van der Waals surface area contributed by atoms with Crippen LogP contribution in [-0.4, -0.2) is 42.9 Å². The predicted molar refractivity (Wildman–Crippen MR) is 80.8 cm³/mol. The smallest absolute Gasteiger partial charge is 0.0922 e. The summed E-state index contributed by atoms with van der Waals surface area (Å²) in [4.78, 5) is 2.21. The summed E-state index contributed by atoms with van der Waals surface area (Å²) < 4.78 is 5.41. The van der Waals surface area contributed by atoms with Crippen molar-refractivity contribution in [2.24, 2.45) is 0 Å². The molecule has 2 atom stereocenters. The quantitative estimate of drug-likeness (QED) is 0.927. The lowest BCUT2D eigenvalue weighted by molar-refractivity contribution is 0.0958. The number of aliphatic hydroxyl groups is 1. The number of benzene rings is 2. The zero-order chi connectivity index (χ0) is 13.9. The number of ether oxygens (including phenoxy) is 1. The van der Waals surface area contributed by atoms with E-state index in [4.69, 9.17) is 4.74 Å². The Labute approximate surface area is 119 Å². The molecule has 1 heterocycles. The summed E-state index contributed by atoms with van der Waals surface area (Å²) in [5.74, 6) is 0. The van der Waals surface area contributed by atoms with Gasteiger partial charge in [-0.1, -0.05) is 42.5 Å². The van der Waals surface area contributed by atoms with Crippen LogP contribution in [-0.2, 0) is 4.74 Å². The molecule has 1 aliphatic rings. The summed E-state index contributed by atoms with van der Waals surface area (Å²) in [6.07, 6.45) is 0.588. The van der Waals surface area contributed by atoms with Crippen LogP contribution < -0.4 is 0 Å². The van der Waals surface area contributed by atoms with Crippen LogP contribution in [0.15, 0.2) is 42.5 Å². The van der Waals surface area contributed by atoms with Crippen LogP contribution in [0.1, 0.15) is 18.1 Å². The topological polar surface area (TPSA) is 32.7 Å². The van der Waals surface area contributed by atoms with E-state index in [2.05, 4.69) is 30.1 Å². The second-order valence-corrected chi connectivity index (χ2v) is 5.54. The Morgan fingerprint density at radius 3 is 2.85 bits per heavy atom. The van der Waals surface area contributed by atoms with Crippen LogP contribution in [0.2, 0.25) is 0 Å². The molecule has 2 aromatic carbocycles. The third-order valence-corrected chi connectivity index (χ3v) is 4.17. The van der Waals surface area contributed by atoms with Crippen molar-refractivity contribution < 1.29 is 9.84 Å². The Balaban J connectivity index is 1.79. The number of aliphatic hydroxyl groups excluding tert-OH is 1. The molecule has 1 fully saturated rings. The zero-order valence-corrected chi connectivity index (χ0v) is 11.8. The number of hydrogen-bond acceptors (Lipinski definition) is 3. The third kappa shape index (κ3) is 2.70. The monoisotopic (exact) mass is 271 g/mol. The minimum atomic E-state index is -0.466. The molecule has 2 aromatic rings. The second kappa shape index (κ2) is 5.92. The van der Waals surface area contributed by atoms with Gasteiger partial charge in [0.05, 0.1) is 12.7 Å². The van der Waals surface area contributed by atoms with Gasteiger partial charge in [0, 0.05) is 19.2 Å². The van der Waals surface area contributed by atoms with Crippen LogP contribution in [0.25, 0.3) is 10.8 Å². The molecule has 0 spiro atoms. The predicted octanol–water partition coefficient (Wildman–Crippen LogP) is 2.59. The van der Waals surface area contributed by atoms with Gasteiger partial charge in [0.1, 0.15) is 0 Å². The van der Waals surface area contributed by atoms with Crippen molar-refractivity contribution in [2.75, 3.05) is 26.8 Å². The van der Waals surface area contributed by atoms with Crippen molar-refractivity contribution in [3.05, 3.63) is 48.0 Å². The van der Waals surface area contributed by atoms with Crippen LogP contribution >= 0.6 is 0 Å². The summed E-state index contributed by atoms with van der Waals surface area (Å²) in [5, 5.41) is 12.9. The maximum atomic E-state index is 10.6. The first-order valence-corrected chi connectivity index (χ1v) is 7.19. The molecule has 2 unspecified atom stereocenters. The summed E-state index contributed by atoms with van der Waals surface area (Å²) in [6, 6.07) is 14.8. The van der Waals surface area contributed by atoms with Gasteiger partial charge in [-0.05, 0) is 29.8 Å². The molecule has 0 aromatic heterocycles. The highest BCUT2D eigenvalue weighted by Gasteiger charge is 2.23. The summed E-state index contributed by atoms with van der Waals surface area (Å²) in [6.45, 7) is 2.25. The highest BCUT2D eigenvalue weighted by molar-refractivity contribution is 5.85. The zero-order valence-electron chi connectivity index (χ0n) is 11.8. The van der Waals surface area contributed by atoms with E-state index in [1.165, 1.54) is 5.39 Å². The molecular weight excluding hydrogens is 250 g/mol. The van der Waals surface area contributed by atoms with Gasteiger partial charge in [0.15, 0.2) is 0 Å². The van der Waals surface area contributed by atoms with Gasteiger partial charge >= 0.3 is 0 Å². The van der Waals surface area contributed by atoms with Crippen LogP contribution in [0, 0.1) is 0 Å². The molecule has 1 aliphatic heterocycles. The standard InChI is InChI=1S/C17H21NO2/c1-18(14-9-10-20-12-14)11-17(19)16-8-4-6-13-5-2-3-7-15(13)16/h2-8,14,17,19H,9-12H2,1H3. The first kappa shape index (κ1) is 13.6. The molecule has 0 amide bonds. The molecule has 0 aliphatic carbocycles. The molecular formula is C17H21NO2. The highest BCUT2D eigenvalue weighted by Crippen LogP contribution is 2.25. The van der Waals surface area contributed by atoms with E-state index in [1.807, 2.05) is 24.3 Å². The fraction of sp³-hybridized carbons (Fsp3) is 0.412. The van der Waals surface area contributed by atoms with E-state index < -0.39 is 6.10 Å². The molecule has 1 saturated heterocycles. The van der Waals surface area contributed by atoms with E-state index in [0.29, 0.717) is 12.6 Å². The summed E-state index contributed by atoms with van der Waals surface area (Å²) in [7, 11) is 2.06. The lowest BCUT2D eigenvalue weighted by atomic mass is 10.00. The average Bonchev–Trinajstić information content (AvgIpc) is 3.01. The van der Waals surface area contributed by atoms with Crippen LogP contribution in [0.3, 0.4) is 0 Å². The van der Waals surface area contributed by atoms with Gasteiger partial charge in [-0.3, -0.25) is 4.90 Å². The highest BCUT2D eigenvalue weighted by atomic mass is 16.5. The lowest BCUT2D eigenvalue weighted by Crippen LogP contribution is -2.35. The van der Waals surface area contributed by atoms with Crippen molar-refractivity contribution in [1.29, 1.82) is 0 Å². The first-order valence-electron chi connectivity index (χ1n) is 7.19. The molecule has 0 saturated carbocycles. The first-order chi connectivity index (χ1) is 9.75. The number of rotatable bonds is 4. The minimum absolute atomic E-state index is 0.430. The number of fused-ring (bicyclic) bond motifs is 1. The van der Waals surface area contributed by atoms with Crippen molar-refractivity contribution in [3.63, 3.8) is 0 Å². The van der Waals surface area contributed by atoms with Crippen molar-refractivity contribution >= 4 is 10.8 Å². The molecule has 3 heteroatoms. The van der Waals surface area contributed by atoms with Crippen molar-refractivity contribution in [3.8, 4) is 0 Å². The lowest BCUT2D eigenvalue weighted by Gasteiger charge is -2.26.